The number of hydrogen-bond acceptors (Lipinski definition) is 6. The third kappa shape index (κ3) is 9.53. The van der Waals surface area contributed by atoms with E-state index < -0.39 is 12.1 Å². The average Bonchev–Trinajstić information content (AvgIpc) is 3.53. The van der Waals surface area contributed by atoms with Gasteiger partial charge in [0.25, 0.3) is 0 Å². The molecule has 3 rings (SSSR count). The molecule has 1 fully saturated rings. The molecule has 9 nitrogen and oxygen atoms in total. The molecule has 0 radical (unpaired) electrons. The number of amides is 2. The maximum absolute atomic E-state index is 13.9. The molecule has 0 spiro atoms. The molecular formula is C27H44FN5O4. The quantitative estimate of drug-likeness (QED) is 0.491. The summed E-state index contributed by atoms with van der Waals surface area (Å²) >= 11 is 0. The number of benzene rings is 1. The molecule has 1 aliphatic heterocycles. The lowest BCUT2D eigenvalue weighted by atomic mass is 10.0. The van der Waals surface area contributed by atoms with Gasteiger partial charge in [-0.2, -0.15) is 5.10 Å². The Balaban J connectivity index is 0.000000752. The molecule has 0 bridgehead atoms. The van der Waals surface area contributed by atoms with Gasteiger partial charge in [0.2, 0.25) is 11.8 Å². The van der Waals surface area contributed by atoms with Crippen LogP contribution >= 0.6 is 0 Å². The zero-order valence-electron chi connectivity index (χ0n) is 23.3. The standard InChI is InChI=1S/C21H28FN5O2.C4H10O2.C2H6/c1-13(2)18(23)21(29)27-10-4-5-17(27)20(28)24-11-14-6-8-15(9-7-14)19-16(22)12-25-26(19)3;1-5-3-4-6-2;1-2/h6-9,12-13,17-18H,4-5,10-11,23H2,1-3H3,(H,24,28);3-4H2,1-2H3;1-2H3. The van der Waals surface area contributed by atoms with Gasteiger partial charge in [0.1, 0.15) is 11.7 Å². The van der Waals surface area contributed by atoms with Gasteiger partial charge in [-0.05, 0) is 24.3 Å². The van der Waals surface area contributed by atoms with Crippen LogP contribution in [0.4, 0.5) is 4.39 Å². The highest BCUT2D eigenvalue weighted by molar-refractivity contribution is 5.90. The lowest BCUT2D eigenvalue weighted by Crippen LogP contribution is -2.52. The van der Waals surface area contributed by atoms with Gasteiger partial charge < -0.3 is 25.4 Å². The van der Waals surface area contributed by atoms with E-state index in [4.69, 9.17) is 5.73 Å². The van der Waals surface area contributed by atoms with E-state index in [0.717, 1.165) is 12.0 Å². The minimum Gasteiger partial charge on any atom is -0.382 e. The van der Waals surface area contributed by atoms with Gasteiger partial charge in [-0.25, -0.2) is 4.39 Å². The van der Waals surface area contributed by atoms with Gasteiger partial charge in [-0.3, -0.25) is 14.3 Å². The summed E-state index contributed by atoms with van der Waals surface area (Å²) in [4.78, 5) is 26.8. The second kappa shape index (κ2) is 16.8. The van der Waals surface area contributed by atoms with E-state index in [0.29, 0.717) is 44.0 Å². The first-order chi connectivity index (χ1) is 17.7. The van der Waals surface area contributed by atoms with Crippen molar-refractivity contribution < 1.29 is 23.5 Å². The van der Waals surface area contributed by atoms with Crippen molar-refractivity contribution in [1.82, 2.24) is 20.0 Å². The van der Waals surface area contributed by atoms with Crippen molar-refractivity contribution in [2.24, 2.45) is 18.7 Å². The minimum atomic E-state index is -0.594. The molecule has 0 saturated carbocycles. The van der Waals surface area contributed by atoms with E-state index >= 15 is 0 Å². The van der Waals surface area contributed by atoms with E-state index in [1.54, 1.807) is 38.3 Å². The Labute approximate surface area is 220 Å². The zero-order valence-corrected chi connectivity index (χ0v) is 23.3. The maximum atomic E-state index is 13.9. The second-order valence-corrected chi connectivity index (χ2v) is 8.82. The van der Waals surface area contributed by atoms with E-state index in [-0.39, 0.29) is 23.5 Å². The van der Waals surface area contributed by atoms with Crippen LogP contribution in [-0.2, 0) is 32.7 Å². The lowest BCUT2D eigenvalue weighted by Gasteiger charge is -2.28. The highest BCUT2D eigenvalue weighted by Gasteiger charge is 2.36. The van der Waals surface area contributed by atoms with E-state index in [1.807, 2.05) is 39.8 Å². The fourth-order valence-electron chi connectivity index (χ4n) is 3.77. The van der Waals surface area contributed by atoms with Gasteiger partial charge >= 0.3 is 0 Å². The summed E-state index contributed by atoms with van der Waals surface area (Å²) in [5, 5.41) is 6.81. The molecule has 10 heteroatoms. The molecule has 1 aromatic carbocycles. The van der Waals surface area contributed by atoms with Crippen LogP contribution in [0, 0.1) is 11.7 Å². The maximum Gasteiger partial charge on any atom is 0.243 e. The molecule has 208 valence electrons. The zero-order chi connectivity index (χ0) is 28.0. The number of rotatable bonds is 9. The van der Waals surface area contributed by atoms with Gasteiger partial charge in [-0.1, -0.05) is 52.0 Å². The Bertz CT molecular complexity index is 925. The van der Waals surface area contributed by atoms with Crippen molar-refractivity contribution in [2.45, 2.75) is 59.2 Å². The largest absolute Gasteiger partial charge is 0.382 e. The monoisotopic (exact) mass is 521 g/mol. The normalized spacial score (nSPS) is 15.4. The Kier molecular flexibility index (Phi) is 14.7. The van der Waals surface area contributed by atoms with E-state index in [2.05, 4.69) is 19.9 Å². The molecule has 2 amide bonds. The highest BCUT2D eigenvalue weighted by Crippen LogP contribution is 2.23. The number of halogens is 1. The number of methoxy groups -OCH3 is 2. The molecular weight excluding hydrogens is 477 g/mol. The summed E-state index contributed by atoms with van der Waals surface area (Å²) in [6.07, 6.45) is 2.62. The number of carbonyl (C=O) groups excluding carboxylic acids is 2. The van der Waals surface area contributed by atoms with Crippen LogP contribution in [0.2, 0.25) is 0 Å². The predicted molar refractivity (Wildman–Crippen MR) is 143 cm³/mol. The lowest BCUT2D eigenvalue weighted by molar-refractivity contribution is -0.140. The second-order valence-electron chi connectivity index (χ2n) is 8.82. The van der Waals surface area contributed by atoms with Crippen molar-refractivity contribution >= 4 is 11.8 Å². The van der Waals surface area contributed by atoms with Crippen molar-refractivity contribution in [2.75, 3.05) is 34.0 Å². The van der Waals surface area contributed by atoms with Crippen molar-refractivity contribution in [1.29, 1.82) is 0 Å². The number of nitrogens with one attached hydrogen (secondary N) is 1. The number of hydrogen-bond donors (Lipinski definition) is 2. The third-order valence-corrected chi connectivity index (χ3v) is 5.92. The molecule has 1 aromatic heterocycles. The Morgan fingerprint density at radius 2 is 1.76 bits per heavy atom. The van der Waals surface area contributed by atoms with Crippen LogP contribution in [0.3, 0.4) is 0 Å². The van der Waals surface area contributed by atoms with Gasteiger partial charge in [0.15, 0.2) is 5.82 Å². The molecule has 0 aliphatic carbocycles. The van der Waals surface area contributed by atoms with Gasteiger partial charge in [0.05, 0.1) is 25.5 Å². The molecule has 1 saturated heterocycles. The summed E-state index contributed by atoms with van der Waals surface area (Å²) in [5.41, 5.74) is 8.01. The van der Waals surface area contributed by atoms with Gasteiger partial charge in [-0.15, -0.1) is 0 Å². The number of nitrogens with two attached hydrogens (primary N) is 1. The molecule has 2 atom stereocenters. The smallest absolute Gasteiger partial charge is 0.243 e. The van der Waals surface area contributed by atoms with Crippen LogP contribution in [0.1, 0.15) is 46.1 Å². The average molecular weight is 522 g/mol. The van der Waals surface area contributed by atoms with Crippen LogP contribution in [-0.4, -0.2) is 72.6 Å². The topological polar surface area (TPSA) is 112 Å². The molecule has 3 N–H and O–H groups in total. The fraction of sp³-hybridized carbons (Fsp3) is 0.593. The van der Waals surface area contributed by atoms with Crippen molar-refractivity contribution in [3.63, 3.8) is 0 Å². The number of carbonyl (C=O) groups is 2. The van der Waals surface area contributed by atoms with Crippen LogP contribution in [0.5, 0.6) is 0 Å². The summed E-state index contributed by atoms with van der Waals surface area (Å²) in [7, 11) is 4.99. The third-order valence-electron chi connectivity index (χ3n) is 5.92. The molecule has 2 unspecified atom stereocenters. The SMILES string of the molecule is CC.CC(C)C(N)C(=O)N1CCCC1C(=O)NCc1ccc(-c2c(F)cnn2C)cc1.COCCOC. The summed E-state index contributed by atoms with van der Waals surface area (Å²) in [6.45, 7) is 10.1. The first-order valence-corrected chi connectivity index (χ1v) is 12.8. The number of likely N-dealkylation sites (tertiary alicyclic amines) is 1. The fourth-order valence-corrected chi connectivity index (χ4v) is 3.77. The summed E-state index contributed by atoms with van der Waals surface area (Å²) < 4.78 is 24.7. The van der Waals surface area contributed by atoms with E-state index in [1.165, 1.54) is 10.9 Å². The number of ether oxygens (including phenoxy) is 2. The Morgan fingerprint density at radius 1 is 1.16 bits per heavy atom. The van der Waals surface area contributed by atoms with Crippen molar-refractivity contribution in [3.8, 4) is 11.3 Å². The number of nitrogens with zero attached hydrogens (tertiary/aromatic N) is 3. The van der Waals surface area contributed by atoms with Gasteiger partial charge in [0, 0.05) is 39.9 Å². The molecule has 2 aromatic rings. The minimum absolute atomic E-state index is 0.0228. The van der Waals surface area contributed by atoms with Crippen LogP contribution in [0.25, 0.3) is 11.3 Å². The first-order valence-electron chi connectivity index (χ1n) is 12.8. The molecule has 1 aliphatic rings. The van der Waals surface area contributed by atoms with Crippen LogP contribution in [0.15, 0.2) is 30.5 Å². The Morgan fingerprint density at radius 3 is 2.24 bits per heavy atom. The summed E-state index contributed by atoms with van der Waals surface area (Å²) in [5.74, 6) is -0.692. The first kappa shape index (κ1) is 32.2. The highest BCUT2D eigenvalue weighted by atomic mass is 19.1. The molecule has 37 heavy (non-hydrogen) atoms. The number of aromatic nitrogens is 2. The Hall–Kier alpha value is -2.82. The number of aryl methyl sites for hydroxylation is 1. The predicted octanol–water partition coefficient (Wildman–Crippen LogP) is 3.12. The van der Waals surface area contributed by atoms with E-state index in [9.17, 15) is 14.0 Å². The summed E-state index contributed by atoms with van der Waals surface area (Å²) in [6, 6.07) is 6.21. The molecule has 2 heterocycles. The van der Waals surface area contributed by atoms with Crippen LogP contribution < -0.4 is 11.1 Å². The van der Waals surface area contributed by atoms with Crippen molar-refractivity contribution in [3.05, 3.63) is 41.8 Å².